The highest BCUT2D eigenvalue weighted by Crippen LogP contribution is 2.29. The lowest BCUT2D eigenvalue weighted by atomic mass is 9.97. The molecule has 0 aromatic rings. The molecule has 2 aliphatic heterocycles. The van der Waals surface area contributed by atoms with Crippen LogP contribution in [0.1, 0.15) is 51.9 Å². The molecule has 1 saturated carbocycles. The maximum absolute atomic E-state index is 13.1. The van der Waals surface area contributed by atoms with Gasteiger partial charge in [-0.2, -0.15) is 0 Å². The molecule has 2 heterocycles. The van der Waals surface area contributed by atoms with E-state index in [0.717, 1.165) is 25.7 Å². The van der Waals surface area contributed by atoms with Gasteiger partial charge in [0.1, 0.15) is 0 Å². The average Bonchev–Trinajstić information content (AvgIpc) is 3.26. The van der Waals surface area contributed by atoms with Gasteiger partial charge in [-0.1, -0.05) is 12.8 Å². The summed E-state index contributed by atoms with van der Waals surface area (Å²) in [5, 5.41) is 0. The Morgan fingerprint density at radius 1 is 1.04 bits per heavy atom. The SMILES string of the molecule is CCOC(=O)C1CCN(CC(=O)N(C2CCCC2)C2CCS(=O)(=O)C2)CC1. The van der Waals surface area contributed by atoms with Crippen LogP contribution in [-0.4, -0.2) is 79.9 Å². The Balaban J connectivity index is 1.58. The molecule has 3 rings (SSSR count). The predicted molar refractivity (Wildman–Crippen MR) is 102 cm³/mol. The molecule has 0 N–H and O–H groups in total. The number of hydrogen-bond acceptors (Lipinski definition) is 6. The third-order valence-electron chi connectivity index (χ3n) is 6.17. The second-order valence-electron chi connectivity index (χ2n) is 8.10. The summed E-state index contributed by atoms with van der Waals surface area (Å²) in [7, 11) is -3.02. The lowest BCUT2D eigenvalue weighted by Gasteiger charge is -2.37. The topological polar surface area (TPSA) is 84.0 Å². The first-order valence-electron chi connectivity index (χ1n) is 10.3. The number of amides is 1. The number of carbonyl (C=O) groups excluding carboxylic acids is 2. The van der Waals surface area contributed by atoms with Gasteiger partial charge in [0, 0.05) is 12.1 Å². The highest BCUT2D eigenvalue weighted by atomic mass is 32.2. The highest BCUT2D eigenvalue weighted by molar-refractivity contribution is 7.91. The summed E-state index contributed by atoms with van der Waals surface area (Å²) in [6.45, 7) is 3.95. The van der Waals surface area contributed by atoms with Gasteiger partial charge < -0.3 is 9.64 Å². The van der Waals surface area contributed by atoms with Crippen LogP contribution in [0.5, 0.6) is 0 Å². The number of esters is 1. The lowest BCUT2D eigenvalue weighted by Crippen LogP contribution is -2.51. The fourth-order valence-corrected chi connectivity index (χ4v) is 6.45. The monoisotopic (exact) mass is 400 g/mol. The number of nitrogens with zero attached hydrogens (tertiary/aromatic N) is 2. The van der Waals surface area contributed by atoms with Crippen LogP contribution < -0.4 is 0 Å². The Kier molecular flexibility index (Phi) is 6.78. The molecule has 1 unspecified atom stereocenters. The molecule has 3 aliphatic rings. The van der Waals surface area contributed by atoms with Crippen LogP contribution in [0.25, 0.3) is 0 Å². The minimum atomic E-state index is -3.02. The Labute approximate surface area is 162 Å². The van der Waals surface area contributed by atoms with E-state index in [4.69, 9.17) is 4.74 Å². The van der Waals surface area contributed by atoms with E-state index in [1.165, 1.54) is 0 Å². The van der Waals surface area contributed by atoms with E-state index >= 15 is 0 Å². The van der Waals surface area contributed by atoms with Crippen molar-refractivity contribution in [3.63, 3.8) is 0 Å². The summed E-state index contributed by atoms with van der Waals surface area (Å²) in [6.07, 6.45) is 6.17. The molecule has 1 amide bonds. The van der Waals surface area contributed by atoms with Crippen molar-refractivity contribution in [1.29, 1.82) is 0 Å². The zero-order chi connectivity index (χ0) is 19.4. The summed E-state index contributed by atoms with van der Waals surface area (Å²) >= 11 is 0. The molecule has 1 atom stereocenters. The van der Waals surface area contributed by atoms with Crippen molar-refractivity contribution in [3.05, 3.63) is 0 Å². The number of carbonyl (C=O) groups is 2. The molecule has 0 radical (unpaired) electrons. The molecule has 0 bridgehead atoms. The second-order valence-corrected chi connectivity index (χ2v) is 10.3. The first-order valence-corrected chi connectivity index (χ1v) is 12.1. The van der Waals surface area contributed by atoms with Crippen LogP contribution in [0, 0.1) is 5.92 Å². The molecule has 0 aromatic carbocycles. The van der Waals surface area contributed by atoms with Gasteiger partial charge in [0.15, 0.2) is 9.84 Å². The molecule has 27 heavy (non-hydrogen) atoms. The third-order valence-corrected chi connectivity index (χ3v) is 7.92. The standard InChI is InChI=1S/C19H32N2O5S/c1-2-26-19(23)15-7-10-20(11-8-15)13-18(22)21(16-5-3-4-6-16)17-9-12-27(24,25)14-17/h15-17H,2-14H2,1H3. The first kappa shape index (κ1) is 20.6. The summed E-state index contributed by atoms with van der Waals surface area (Å²) in [5.41, 5.74) is 0. The third kappa shape index (κ3) is 5.22. The lowest BCUT2D eigenvalue weighted by molar-refractivity contribution is -0.149. The van der Waals surface area contributed by atoms with E-state index in [1.807, 2.05) is 11.8 Å². The van der Waals surface area contributed by atoms with E-state index in [-0.39, 0.29) is 41.4 Å². The van der Waals surface area contributed by atoms with Crippen molar-refractivity contribution in [3.8, 4) is 0 Å². The number of rotatable bonds is 6. The van der Waals surface area contributed by atoms with E-state index in [1.54, 1.807) is 0 Å². The van der Waals surface area contributed by atoms with E-state index in [2.05, 4.69) is 4.90 Å². The van der Waals surface area contributed by atoms with Crippen molar-refractivity contribution in [2.24, 2.45) is 5.92 Å². The molecule has 0 spiro atoms. The van der Waals surface area contributed by atoms with Gasteiger partial charge in [-0.05, 0) is 52.1 Å². The van der Waals surface area contributed by atoms with Gasteiger partial charge in [0.25, 0.3) is 0 Å². The molecule has 3 fully saturated rings. The predicted octanol–water partition coefficient (Wildman–Crippen LogP) is 1.22. The fraction of sp³-hybridized carbons (Fsp3) is 0.895. The van der Waals surface area contributed by atoms with E-state index in [0.29, 0.717) is 45.5 Å². The summed E-state index contributed by atoms with van der Waals surface area (Å²) in [4.78, 5) is 29.0. The number of piperidine rings is 1. The zero-order valence-corrected chi connectivity index (χ0v) is 17.1. The van der Waals surface area contributed by atoms with Crippen molar-refractivity contribution in [2.45, 2.75) is 64.0 Å². The quantitative estimate of drug-likeness (QED) is 0.624. The van der Waals surface area contributed by atoms with Gasteiger partial charge in [-0.25, -0.2) is 8.42 Å². The normalized spacial score (nSPS) is 26.9. The molecule has 0 aromatic heterocycles. The minimum Gasteiger partial charge on any atom is -0.466 e. The Morgan fingerprint density at radius 2 is 1.70 bits per heavy atom. The molecule has 1 aliphatic carbocycles. The molecule has 7 nitrogen and oxygen atoms in total. The Morgan fingerprint density at radius 3 is 2.26 bits per heavy atom. The molecule has 8 heteroatoms. The number of likely N-dealkylation sites (tertiary alicyclic amines) is 1. The van der Waals surface area contributed by atoms with Gasteiger partial charge in [-0.15, -0.1) is 0 Å². The summed E-state index contributed by atoms with van der Waals surface area (Å²) in [6, 6.07) is 0.0237. The van der Waals surface area contributed by atoms with Crippen molar-refractivity contribution < 1.29 is 22.7 Å². The highest BCUT2D eigenvalue weighted by Gasteiger charge is 2.39. The smallest absolute Gasteiger partial charge is 0.309 e. The summed E-state index contributed by atoms with van der Waals surface area (Å²) in [5.74, 6) is 0.159. The van der Waals surface area contributed by atoms with Crippen LogP contribution in [0.2, 0.25) is 0 Å². The summed E-state index contributed by atoms with van der Waals surface area (Å²) < 4.78 is 29.0. The van der Waals surface area contributed by atoms with Crippen molar-refractivity contribution >= 4 is 21.7 Å². The van der Waals surface area contributed by atoms with Crippen molar-refractivity contribution in [2.75, 3.05) is 37.7 Å². The largest absolute Gasteiger partial charge is 0.466 e. The van der Waals surface area contributed by atoms with Crippen LogP contribution in [-0.2, 0) is 24.2 Å². The van der Waals surface area contributed by atoms with Gasteiger partial charge >= 0.3 is 5.97 Å². The molecular weight excluding hydrogens is 368 g/mol. The van der Waals surface area contributed by atoms with Crippen molar-refractivity contribution in [1.82, 2.24) is 9.80 Å². The Hall–Kier alpha value is -1.15. The average molecular weight is 401 g/mol. The zero-order valence-electron chi connectivity index (χ0n) is 16.3. The number of ether oxygens (including phenoxy) is 1. The van der Waals surface area contributed by atoms with E-state index in [9.17, 15) is 18.0 Å². The van der Waals surface area contributed by atoms with Gasteiger partial charge in [0.2, 0.25) is 5.91 Å². The van der Waals surface area contributed by atoms with Crippen LogP contribution >= 0.6 is 0 Å². The van der Waals surface area contributed by atoms with E-state index < -0.39 is 9.84 Å². The minimum absolute atomic E-state index is 0.0542. The first-order chi connectivity index (χ1) is 12.9. The fourth-order valence-electron chi connectivity index (χ4n) is 4.74. The number of sulfone groups is 1. The maximum atomic E-state index is 13.1. The maximum Gasteiger partial charge on any atom is 0.309 e. The van der Waals surface area contributed by atoms with Crippen LogP contribution in [0.3, 0.4) is 0 Å². The number of hydrogen-bond donors (Lipinski definition) is 0. The molecular formula is C19H32N2O5S. The molecule has 154 valence electrons. The second kappa shape index (κ2) is 8.90. The van der Waals surface area contributed by atoms with Crippen LogP contribution in [0.15, 0.2) is 0 Å². The van der Waals surface area contributed by atoms with Gasteiger partial charge in [-0.3, -0.25) is 14.5 Å². The van der Waals surface area contributed by atoms with Crippen LogP contribution in [0.4, 0.5) is 0 Å². The van der Waals surface area contributed by atoms with Gasteiger partial charge in [0.05, 0.1) is 30.6 Å². The molecule has 2 saturated heterocycles. The Bertz CT molecular complexity index is 636.